The molecule has 1 aliphatic carbocycles. The van der Waals surface area contributed by atoms with Crippen LogP contribution >= 0.6 is 0 Å². The highest BCUT2D eigenvalue weighted by molar-refractivity contribution is 4.86. The Kier molecular flexibility index (Phi) is 5.46. The molecule has 0 aromatic rings. The third-order valence-corrected chi connectivity index (χ3v) is 4.81. The third-order valence-electron chi connectivity index (χ3n) is 4.81. The third kappa shape index (κ3) is 4.26. The van der Waals surface area contributed by atoms with Gasteiger partial charge >= 0.3 is 0 Å². The molecule has 0 radical (unpaired) electrons. The van der Waals surface area contributed by atoms with Crippen LogP contribution in [0.15, 0.2) is 0 Å². The first-order valence-corrected chi connectivity index (χ1v) is 7.31. The molecule has 1 unspecified atom stereocenters. The summed E-state index contributed by atoms with van der Waals surface area (Å²) in [6.07, 6.45) is 7.40. The van der Waals surface area contributed by atoms with Crippen LogP contribution in [0, 0.1) is 10.8 Å². The van der Waals surface area contributed by atoms with Crippen molar-refractivity contribution in [2.75, 3.05) is 13.2 Å². The zero-order valence-electron chi connectivity index (χ0n) is 12.2. The molecule has 1 aliphatic rings. The van der Waals surface area contributed by atoms with Crippen molar-refractivity contribution in [1.29, 1.82) is 0 Å². The molecule has 1 atom stereocenters. The van der Waals surface area contributed by atoms with Crippen LogP contribution in [0.4, 0.5) is 0 Å². The van der Waals surface area contributed by atoms with Crippen LogP contribution in [0.25, 0.3) is 0 Å². The molecule has 0 aromatic heterocycles. The lowest BCUT2D eigenvalue weighted by Gasteiger charge is -2.38. The topological polar surface area (TPSA) is 32.3 Å². The zero-order valence-corrected chi connectivity index (χ0v) is 12.2. The van der Waals surface area contributed by atoms with Gasteiger partial charge in [-0.15, -0.1) is 0 Å². The molecular formula is C15H31NO. The van der Waals surface area contributed by atoms with Crippen LogP contribution in [0.2, 0.25) is 0 Å². The Morgan fingerprint density at radius 1 is 1.29 bits per heavy atom. The maximum absolute atomic E-state index is 9.57. The summed E-state index contributed by atoms with van der Waals surface area (Å²) in [4.78, 5) is 0. The van der Waals surface area contributed by atoms with Crippen LogP contribution in [0.5, 0.6) is 0 Å². The van der Waals surface area contributed by atoms with Crippen molar-refractivity contribution in [1.82, 2.24) is 5.32 Å². The van der Waals surface area contributed by atoms with Gasteiger partial charge in [-0.05, 0) is 37.5 Å². The Hall–Kier alpha value is -0.0800. The molecule has 0 amide bonds. The van der Waals surface area contributed by atoms with E-state index in [4.69, 9.17) is 0 Å². The highest BCUT2D eigenvalue weighted by atomic mass is 16.3. The molecule has 1 fully saturated rings. The van der Waals surface area contributed by atoms with Crippen LogP contribution < -0.4 is 5.32 Å². The minimum atomic E-state index is 0.0988. The molecule has 0 saturated heterocycles. The van der Waals surface area contributed by atoms with E-state index in [9.17, 15) is 5.11 Å². The maximum atomic E-state index is 9.57. The highest BCUT2D eigenvalue weighted by Crippen LogP contribution is 2.35. The van der Waals surface area contributed by atoms with Gasteiger partial charge in [0, 0.05) is 24.6 Å². The van der Waals surface area contributed by atoms with Gasteiger partial charge in [0.2, 0.25) is 0 Å². The largest absolute Gasteiger partial charge is 0.396 e. The first-order chi connectivity index (χ1) is 7.97. The van der Waals surface area contributed by atoms with Gasteiger partial charge in [0.15, 0.2) is 0 Å². The monoisotopic (exact) mass is 241 g/mol. The second-order valence-electron chi connectivity index (χ2n) is 6.70. The number of hydrogen-bond acceptors (Lipinski definition) is 2. The average Bonchev–Trinajstić information content (AvgIpc) is 2.30. The summed E-state index contributed by atoms with van der Waals surface area (Å²) in [5.74, 6) is 0. The Morgan fingerprint density at radius 2 is 1.94 bits per heavy atom. The van der Waals surface area contributed by atoms with Crippen molar-refractivity contribution >= 4 is 0 Å². The van der Waals surface area contributed by atoms with E-state index in [2.05, 4.69) is 33.0 Å². The van der Waals surface area contributed by atoms with Crippen LogP contribution in [-0.2, 0) is 0 Å². The Morgan fingerprint density at radius 3 is 2.41 bits per heavy atom. The average molecular weight is 241 g/mol. The van der Waals surface area contributed by atoms with E-state index in [-0.39, 0.29) is 5.41 Å². The van der Waals surface area contributed by atoms with E-state index < -0.39 is 0 Å². The summed E-state index contributed by atoms with van der Waals surface area (Å²) in [7, 11) is 0. The molecule has 0 aromatic carbocycles. The highest BCUT2D eigenvalue weighted by Gasteiger charge is 2.30. The van der Waals surface area contributed by atoms with Gasteiger partial charge in [-0.25, -0.2) is 0 Å². The number of hydrogen-bond donors (Lipinski definition) is 2. The predicted octanol–water partition coefficient (Wildman–Crippen LogP) is 3.34. The Bertz CT molecular complexity index is 213. The molecule has 17 heavy (non-hydrogen) atoms. The standard InChI is InChI=1S/C15H31NO/c1-5-15(6-2,12-17)11-16-13-8-7-9-14(3,4)10-13/h13,16-17H,5-12H2,1-4H3. The van der Waals surface area contributed by atoms with E-state index >= 15 is 0 Å². The first kappa shape index (κ1) is 15.0. The zero-order chi connectivity index (χ0) is 12.9. The van der Waals surface area contributed by atoms with E-state index in [1.807, 2.05) is 0 Å². The van der Waals surface area contributed by atoms with Crippen molar-refractivity contribution in [2.45, 2.75) is 72.3 Å². The summed E-state index contributed by atoms with van der Waals surface area (Å²) in [6.45, 7) is 10.4. The molecule has 2 N–H and O–H groups in total. The summed E-state index contributed by atoms with van der Waals surface area (Å²) >= 11 is 0. The number of aliphatic hydroxyl groups is 1. The second-order valence-corrected chi connectivity index (χ2v) is 6.70. The SMILES string of the molecule is CCC(CC)(CO)CNC1CCCC(C)(C)C1. The molecule has 2 heteroatoms. The van der Waals surface area contributed by atoms with Crippen molar-refractivity contribution in [3.8, 4) is 0 Å². The number of aliphatic hydroxyl groups excluding tert-OH is 1. The molecule has 102 valence electrons. The lowest BCUT2D eigenvalue weighted by Crippen LogP contribution is -2.44. The molecule has 2 nitrogen and oxygen atoms in total. The summed E-state index contributed by atoms with van der Waals surface area (Å²) in [5.41, 5.74) is 0.595. The minimum absolute atomic E-state index is 0.0988. The molecule has 0 spiro atoms. The van der Waals surface area contributed by atoms with Gasteiger partial charge in [0.05, 0.1) is 0 Å². The van der Waals surface area contributed by atoms with E-state index in [0.29, 0.717) is 18.1 Å². The fourth-order valence-electron chi connectivity index (χ4n) is 3.01. The number of nitrogens with one attached hydrogen (secondary N) is 1. The van der Waals surface area contributed by atoms with Gasteiger partial charge in [0.25, 0.3) is 0 Å². The predicted molar refractivity (Wildman–Crippen MR) is 74.1 cm³/mol. The second kappa shape index (κ2) is 6.19. The molecule has 1 rings (SSSR count). The maximum Gasteiger partial charge on any atom is 0.0499 e. The van der Waals surface area contributed by atoms with E-state index in [1.165, 1.54) is 25.7 Å². The first-order valence-electron chi connectivity index (χ1n) is 7.31. The van der Waals surface area contributed by atoms with Crippen molar-refractivity contribution < 1.29 is 5.11 Å². The Balaban J connectivity index is 2.44. The van der Waals surface area contributed by atoms with Crippen LogP contribution in [-0.4, -0.2) is 24.3 Å². The van der Waals surface area contributed by atoms with Gasteiger partial charge in [0.1, 0.15) is 0 Å². The van der Waals surface area contributed by atoms with Crippen LogP contribution in [0.3, 0.4) is 0 Å². The lowest BCUT2D eigenvalue weighted by molar-refractivity contribution is 0.100. The number of rotatable bonds is 6. The van der Waals surface area contributed by atoms with Gasteiger partial charge in [-0.1, -0.05) is 34.1 Å². The molecule has 0 bridgehead atoms. The molecule has 0 heterocycles. The van der Waals surface area contributed by atoms with Gasteiger partial charge in [-0.2, -0.15) is 0 Å². The van der Waals surface area contributed by atoms with Crippen molar-refractivity contribution in [2.24, 2.45) is 10.8 Å². The molecular weight excluding hydrogens is 210 g/mol. The fraction of sp³-hybridized carbons (Fsp3) is 1.00. The normalized spacial score (nSPS) is 24.9. The quantitative estimate of drug-likeness (QED) is 0.747. The van der Waals surface area contributed by atoms with Crippen LogP contribution in [0.1, 0.15) is 66.2 Å². The van der Waals surface area contributed by atoms with Crippen molar-refractivity contribution in [3.63, 3.8) is 0 Å². The van der Waals surface area contributed by atoms with Gasteiger partial charge < -0.3 is 10.4 Å². The van der Waals surface area contributed by atoms with E-state index in [1.54, 1.807) is 0 Å². The summed E-state index contributed by atoms with van der Waals surface area (Å²) < 4.78 is 0. The minimum Gasteiger partial charge on any atom is -0.396 e. The Labute approximate surface area is 107 Å². The van der Waals surface area contributed by atoms with E-state index in [0.717, 1.165) is 19.4 Å². The van der Waals surface area contributed by atoms with Crippen molar-refractivity contribution in [3.05, 3.63) is 0 Å². The molecule has 0 aliphatic heterocycles. The smallest absolute Gasteiger partial charge is 0.0499 e. The lowest BCUT2D eigenvalue weighted by atomic mass is 9.74. The van der Waals surface area contributed by atoms with Gasteiger partial charge in [-0.3, -0.25) is 0 Å². The summed E-state index contributed by atoms with van der Waals surface area (Å²) in [5, 5.41) is 13.3. The fourth-order valence-corrected chi connectivity index (χ4v) is 3.01. The molecule has 1 saturated carbocycles. The summed E-state index contributed by atoms with van der Waals surface area (Å²) in [6, 6.07) is 0.655.